The van der Waals surface area contributed by atoms with Crippen LogP contribution in [0.15, 0.2) is 122 Å². The predicted octanol–water partition coefficient (Wildman–Crippen LogP) is 12.9. The second-order valence-electron chi connectivity index (χ2n) is 18.1. The molecule has 14 nitrogen and oxygen atoms in total. The van der Waals surface area contributed by atoms with Gasteiger partial charge in [0.15, 0.2) is 0 Å². The van der Waals surface area contributed by atoms with Crippen LogP contribution < -0.4 is 18.9 Å². The van der Waals surface area contributed by atoms with E-state index in [1.54, 1.807) is 48.5 Å². The van der Waals surface area contributed by atoms with Crippen LogP contribution in [0.4, 0.5) is 0 Å². The minimum atomic E-state index is -0.655. The molecule has 0 N–H and O–H groups in total. The summed E-state index contributed by atoms with van der Waals surface area (Å²) in [6, 6.07) is 25.7. The molecule has 0 unspecified atom stereocenters. The molecule has 396 valence electrons. The van der Waals surface area contributed by atoms with E-state index in [1.807, 2.05) is 0 Å². The van der Waals surface area contributed by atoms with E-state index < -0.39 is 36.1 Å². The first-order chi connectivity index (χ1) is 36.1. The molecule has 0 bridgehead atoms. The van der Waals surface area contributed by atoms with Crippen LogP contribution in [0.2, 0.25) is 0 Å². The summed E-state index contributed by atoms with van der Waals surface area (Å²) in [5.41, 5.74) is 1.20. The molecule has 0 spiro atoms. The van der Waals surface area contributed by atoms with E-state index in [-0.39, 0.29) is 34.6 Å². The number of benzene rings is 4. The Kier molecular flexibility index (Phi) is 26.1. The standard InChI is InChI=1S/C60H72O14/c1-3-55(61)69-43-21-15-11-7-5-9-13-19-41-67-49-33-25-45(26-34-49)57(63)71-51-37-29-47(30-38-51)59(65)73-53-23-17-18-24-54(53)74-60(66)48-31-39-52(40-32-48)72-58(64)46-27-35-50(36-28-46)68-42-20-14-10-6-8-12-16-22-44-70-56(62)4-2/h3-4,25-40,53-54H,1-2,5-24,41-44H2/t53-,54-/m1/s1. The van der Waals surface area contributed by atoms with Crippen LogP contribution in [0.5, 0.6) is 23.0 Å². The second kappa shape index (κ2) is 33.5. The zero-order valence-corrected chi connectivity index (χ0v) is 42.6. The van der Waals surface area contributed by atoms with Crippen LogP contribution in [-0.4, -0.2) is 74.5 Å². The molecule has 1 aliphatic rings. The number of carbonyl (C=O) groups excluding carboxylic acids is 6. The predicted molar refractivity (Wildman–Crippen MR) is 280 cm³/mol. The molecule has 4 aromatic carbocycles. The van der Waals surface area contributed by atoms with Gasteiger partial charge in [-0.15, -0.1) is 0 Å². The third-order valence-corrected chi connectivity index (χ3v) is 12.4. The van der Waals surface area contributed by atoms with Crippen molar-refractivity contribution in [3.8, 4) is 23.0 Å². The van der Waals surface area contributed by atoms with Crippen molar-refractivity contribution in [3.63, 3.8) is 0 Å². The Morgan fingerprint density at radius 2 is 0.635 bits per heavy atom. The van der Waals surface area contributed by atoms with Crippen molar-refractivity contribution in [1.29, 1.82) is 0 Å². The summed E-state index contributed by atoms with van der Waals surface area (Å²) in [7, 11) is 0. The first kappa shape index (κ1) is 57.7. The Morgan fingerprint density at radius 3 is 0.946 bits per heavy atom. The smallest absolute Gasteiger partial charge is 0.343 e. The quantitative estimate of drug-likeness (QED) is 0.0142. The van der Waals surface area contributed by atoms with Gasteiger partial charge in [-0.1, -0.05) is 90.2 Å². The summed E-state index contributed by atoms with van der Waals surface area (Å²) in [4.78, 5) is 74.4. The zero-order valence-electron chi connectivity index (χ0n) is 42.6. The molecular formula is C60H72O14. The highest BCUT2D eigenvalue weighted by molar-refractivity contribution is 5.93. The molecule has 14 heteroatoms. The van der Waals surface area contributed by atoms with Crippen molar-refractivity contribution in [2.75, 3.05) is 26.4 Å². The lowest BCUT2D eigenvalue weighted by Crippen LogP contribution is -2.37. The largest absolute Gasteiger partial charge is 0.494 e. The molecule has 74 heavy (non-hydrogen) atoms. The van der Waals surface area contributed by atoms with Crippen molar-refractivity contribution in [2.24, 2.45) is 0 Å². The molecular weight excluding hydrogens is 945 g/mol. The van der Waals surface area contributed by atoms with Gasteiger partial charge >= 0.3 is 35.8 Å². The molecule has 4 aromatic rings. The highest BCUT2D eigenvalue weighted by Crippen LogP contribution is 2.27. The average Bonchev–Trinajstić information content (AvgIpc) is 3.42. The molecule has 0 heterocycles. The van der Waals surface area contributed by atoms with Gasteiger partial charge in [-0.2, -0.15) is 0 Å². The van der Waals surface area contributed by atoms with E-state index in [2.05, 4.69) is 13.2 Å². The fraction of sp³-hybridized carbons (Fsp3) is 0.433. The summed E-state index contributed by atoms with van der Waals surface area (Å²) in [5, 5.41) is 0. The second-order valence-corrected chi connectivity index (χ2v) is 18.1. The monoisotopic (exact) mass is 1020 g/mol. The number of unbranched alkanes of at least 4 members (excludes halogenated alkanes) is 14. The van der Waals surface area contributed by atoms with E-state index in [9.17, 15) is 28.8 Å². The molecule has 0 saturated heterocycles. The van der Waals surface area contributed by atoms with E-state index >= 15 is 0 Å². The highest BCUT2D eigenvalue weighted by Gasteiger charge is 2.32. The first-order valence-electron chi connectivity index (χ1n) is 26.2. The fourth-order valence-electron chi connectivity index (χ4n) is 8.14. The first-order valence-corrected chi connectivity index (χ1v) is 26.2. The molecule has 0 radical (unpaired) electrons. The summed E-state index contributed by atoms with van der Waals surface area (Å²) in [6.07, 6.45) is 20.6. The van der Waals surface area contributed by atoms with E-state index in [0.29, 0.717) is 61.9 Å². The number of esters is 6. The number of hydrogen-bond donors (Lipinski definition) is 0. The highest BCUT2D eigenvalue weighted by atomic mass is 16.6. The van der Waals surface area contributed by atoms with Gasteiger partial charge in [0.25, 0.3) is 0 Å². The van der Waals surface area contributed by atoms with Crippen molar-refractivity contribution in [2.45, 2.75) is 141 Å². The van der Waals surface area contributed by atoms with E-state index in [1.165, 1.54) is 60.7 Å². The van der Waals surface area contributed by atoms with Crippen LogP contribution in [0.3, 0.4) is 0 Å². The summed E-state index contributed by atoms with van der Waals surface area (Å²) >= 11 is 0. The van der Waals surface area contributed by atoms with Gasteiger partial charge in [-0.05, 0) is 148 Å². The SMILES string of the molecule is C=CC(=O)OCCCCCCCCCCOc1ccc(C(=O)Oc2ccc(C(=O)O[C@@H]3CCCC[C@H]3OC(=O)c3ccc(OC(=O)c4ccc(OCCCCCCCCCCOC(=O)C=C)cc4)cc3)cc2)cc1. The van der Waals surface area contributed by atoms with Gasteiger partial charge in [-0.3, -0.25) is 0 Å². The van der Waals surface area contributed by atoms with Crippen LogP contribution in [0, 0.1) is 0 Å². The summed E-state index contributed by atoms with van der Waals surface area (Å²) in [6.45, 7) is 8.83. The van der Waals surface area contributed by atoms with Gasteiger partial charge in [0.2, 0.25) is 0 Å². The van der Waals surface area contributed by atoms with Crippen molar-refractivity contribution < 1.29 is 66.7 Å². The van der Waals surface area contributed by atoms with Gasteiger partial charge in [0.05, 0.1) is 48.7 Å². The van der Waals surface area contributed by atoms with Gasteiger partial charge < -0.3 is 37.9 Å². The number of rotatable bonds is 34. The molecule has 1 fully saturated rings. The fourth-order valence-corrected chi connectivity index (χ4v) is 8.14. The van der Waals surface area contributed by atoms with Gasteiger partial charge in [0, 0.05) is 12.2 Å². The molecule has 2 atom stereocenters. The lowest BCUT2D eigenvalue weighted by Gasteiger charge is -2.30. The molecule has 0 amide bonds. The molecule has 5 rings (SSSR count). The Labute approximate surface area is 435 Å². The number of carbonyl (C=O) groups is 6. The molecule has 0 aliphatic heterocycles. The van der Waals surface area contributed by atoms with Crippen molar-refractivity contribution in [1.82, 2.24) is 0 Å². The van der Waals surface area contributed by atoms with Gasteiger partial charge in [0.1, 0.15) is 35.2 Å². The van der Waals surface area contributed by atoms with Crippen LogP contribution >= 0.6 is 0 Å². The minimum absolute atomic E-state index is 0.252. The lowest BCUT2D eigenvalue weighted by molar-refractivity contribution is -0.138. The van der Waals surface area contributed by atoms with Gasteiger partial charge in [-0.25, -0.2) is 28.8 Å². The summed E-state index contributed by atoms with van der Waals surface area (Å²) < 4.78 is 44.5. The van der Waals surface area contributed by atoms with E-state index in [4.69, 9.17) is 37.9 Å². The van der Waals surface area contributed by atoms with Crippen molar-refractivity contribution in [3.05, 3.63) is 145 Å². The maximum absolute atomic E-state index is 13.2. The van der Waals surface area contributed by atoms with Crippen LogP contribution in [0.25, 0.3) is 0 Å². The zero-order chi connectivity index (χ0) is 52.6. The molecule has 1 saturated carbocycles. The maximum Gasteiger partial charge on any atom is 0.343 e. The lowest BCUT2D eigenvalue weighted by atomic mass is 9.94. The topological polar surface area (TPSA) is 176 Å². The number of hydrogen-bond acceptors (Lipinski definition) is 14. The number of ether oxygens (including phenoxy) is 8. The van der Waals surface area contributed by atoms with Crippen molar-refractivity contribution >= 4 is 35.8 Å². The average molecular weight is 1020 g/mol. The third-order valence-electron chi connectivity index (χ3n) is 12.4. The maximum atomic E-state index is 13.2. The minimum Gasteiger partial charge on any atom is -0.494 e. The molecule has 0 aromatic heterocycles. The molecule has 1 aliphatic carbocycles. The Morgan fingerprint density at radius 1 is 0.365 bits per heavy atom. The van der Waals surface area contributed by atoms with Crippen LogP contribution in [-0.2, 0) is 28.5 Å². The Bertz CT molecular complexity index is 2190. The Balaban J connectivity index is 0.944. The van der Waals surface area contributed by atoms with E-state index in [0.717, 1.165) is 116 Å². The normalized spacial score (nSPS) is 13.9. The Hall–Kier alpha value is -7.22. The third kappa shape index (κ3) is 21.9. The summed E-state index contributed by atoms with van der Waals surface area (Å²) in [5.74, 6) is -1.20. The van der Waals surface area contributed by atoms with Crippen LogP contribution in [0.1, 0.15) is 170 Å².